The topological polar surface area (TPSA) is 59.9 Å². The van der Waals surface area contributed by atoms with Crippen molar-refractivity contribution >= 4 is 23.4 Å². The quantitative estimate of drug-likeness (QED) is 0.693. The maximum absolute atomic E-state index is 13.9. The molecule has 0 unspecified atom stereocenters. The van der Waals surface area contributed by atoms with Crippen LogP contribution in [0.25, 0.3) is 5.69 Å². The molecule has 1 aromatic heterocycles. The summed E-state index contributed by atoms with van der Waals surface area (Å²) in [5.74, 6) is 1.77. The summed E-state index contributed by atoms with van der Waals surface area (Å²) in [6.45, 7) is -0.0175. The van der Waals surface area contributed by atoms with Crippen molar-refractivity contribution in [3.8, 4) is 23.8 Å². The first-order chi connectivity index (χ1) is 9.56. The van der Waals surface area contributed by atoms with Crippen LogP contribution < -0.4 is 10.4 Å². The fourth-order valence-corrected chi connectivity index (χ4v) is 2.03. The standard InChI is InChI=1S/C12H9ClFN3O2S/c1-3-4-19-10-6-9(8(14)5-7(10)13)17-12(18)15-11(16-17)20-2/h1,5-6H,4H2,2H3,(H,15,16,18). The van der Waals surface area contributed by atoms with E-state index in [1.54, 1.807) is 6.26 Å². The second kappa shape index (κ2) is 6.03. The number of aromatic nitrogens is 3. The van der Waals surface area contributed by atoms with Gasteiger partial charge in [0.25, 0.3) is 0 Å². The Morgan fingerprint density at radius 1 is 1.65 bits per heavy atom. The van der Waals surface area contributed by atoms with Crippen LogP contribution in [0.3, 0.4) is 0 Å². The van der Waals surface area contributed by atoms with Gasteiger partial charge in [0.05, 0.1) is 5.02 Å². The molecule has 1 heterocycles. The minimum Gasteiger partial charge on any atom is -0.479 e. The maximum atomic E-state index is 13.9. The van der Waals surface area contributed by atoms with E-state index in [4.69, 9.17) is 22.8 Å². The normalized spacial score (nSPS) is 10.3. The summed E-state index contributed by atoms with van der Waals surface area (Å²) in [6, 6.07) is 2.32. The van der Waals surface area contributed by atoms with Crippen LogP contribution in [-0.4, -0.2) is 27.6 Å². The number of aromatic amines is 1. The molecule has 0 amide bonds. The number of H-pyrrole nitrogens is 1. The molecule has 2 rings (SSSR count). The SMILES string of the molecule is C#CCOc1cc(-n2nc(SC)[nH]c2=O)c(F)cc1Cl. The molecule has 8 heteroatoms. The van der Waals surface area contributed by atoms with E-state index in [0.717, 1.165) is 10.7 Å². The Morgan fingerprint density at radius 2 is 2.40 bits per heavy atom. The molecule has 0 aliphatic carbocycles. The van der Waals surface area contributed by atoms with E-state index in [0.29, 0.717) is 5.16 Å². The molecule has 104 valence electrons. The lowest BCUT2D eigenvalue weighted by Crippen LogP contribution is -2.17. The minimum absolute atomic E-state index is 0.0175. The molecule has 0 saturated heterocycles. The number of hydrogen-bond acceptors (Lipinski definition) is 4. The highest BCUT2D eigenvalue weighted by molar-refractivity contribution is 7.98. The zero-order valence-electron chi connectivity index (χ0n) is 10.3. The number of halogens is 2. The first kappa shape index (κ1) is 14.5. The van der Waals surface area contributed by atoms with E-state index in [1.165, 1.54) is 17.8 Å². The highest BCUT2D eigenvalue weighted by Crippen LogP contribution is 2.29. The molecule has 0 atom stereocenters. The predicted octanol–water partition coefficient (Wildman–Crippen LogP) is 2.09. The van der Waals surface area contributed by atoms with Crippen LogP contribution in [0.2, 0.25) is 5.02 Å². The highest BCUT2D eigenvalue weighted by Gasteiger charge is 2.15. The molecular formula is C12H9ClFN3O2S. The van der Waals surface area contributed by atoms with Gasteiger partial charge in [0.1, 0.15) is 18.0 Å². The van der Waals surface area contributed by atoms with E-state index in [9.17, 15) is 9.18 Å². The van der Waals surface area contributed by atoms with E-state index < -0.39 is 11.5 Å². The van der Waals surface area contributed by atoms with Crippen LogP contribution in [0.4, 0.5) is 4.39 Å². The number of ether oxygens (including phenoxy) is 1. The zero-order valence-corrected chi connectivity index (χ0v) is 11.9. The third-order valence-corrected chi connectivity index (χ3v) is 3.20. The largest absolute Gasteiger partial charge is 0.479 e. The molecule has 0 bridgehead atoms. The van der Waals surface area contributed by atoms with Gasteiger partial charge in [-0.05, 0) is 12.3 Å². The molecule has 20 heavy (non-hydrogen) atoms. The van der Waals surface area contributed by atoms with Gasteiger partial charge in [-0.1, -0.05) is 29.3 Å². The Morgan fingerprint density at radius 3 is 3.00 bits per heavy atom. The number of nitrogens with zero attached hydrogens (tertiary/aromatic N) is 2. The maximum Gasteiger partial charge on any atom is 0.348 e. The summed E-state index contributed by atoms with van der Waals surface area (Å²) in [7, 11) is 0. The number of hydrogen-bond donors (Lipinski definition) is 1. The fraction of sp³-hybridized carbons (Fsp3) is 0.167. The van der Waals surface area contributed by atoms with E-state index >= 15 is 0 Å². The van der Waals surface area contributed by atoms with E-state index in [1.807, 2.05) is 0 Å². The number of benzene rings is 1. The molecule has 5 nitrogen and oxygen atoms in total. The van der Waals surface area contributed by atoms with Crippen LogP contribution in [0.1, 0.15) is 0 Å². The van der Waals surface area contributed by atoms with Gasteiger partial charge in [0.15, 0.2) is 11.0 Å². The van der Waals surface area contributed by atoms with E-state index in [2.05, 4.69) is 16.0 Å². The molecule has 1 N–H and O–H groups in total. The fourth-order valence-electron chi connectivity index (χ4n) is 1.47. The average molecular weight is 314 g/mol. The predicted molar refractivity (Wildman–Crippen MR) is 75.3 cm³/mol. The summed E-state index contributed by atoms with van der Waals surface area (Å²) in [6.07, 6.45) is 6.82. The van der Waals surface area contributed by atoms with Gasteiger partial charge in [0, 0.05) is 6.07 Å². The van der Waals surface area contributed by atoms with Gasteiger partial charge in [-0.2, -0.15) is 4.68 Å². The Kier molecular flexibility index (Phi) is 4.37. The van der Waals surface area contributed by atoms with Crippen molar-refractivity contribution in [2.75, 3.05) is 12.9 Å². The van der Waals surface area contributed by atoms with Crippen molar-refractivity contribution in [1.29, 1.82) is 0 Å². The van der Waals surface area contributed by atoms with Crippen LogP contribution >= 0.6 is 23.4 Å². The highest BCUT2D eigenvalue weighted by atomic mass is 35.5. The molecule has 0 aliphatic rings. The summed E-state index contributed by atoms with van der Waals surface area (Å²) in [5, 5.41) is 4.38. The lowest BCUT2D eigenvalue weighted by Gasteiger charge is -2.08. The minimum atomic E-state index is -0.690. The van der Waals surface area contributed by atoms with Crippen molar-refractivity contribution in [2.24, 2.45) is 0 Å². The summed E-state index contributed by atoms with van der Waals surface area (Å²) < 4.78 is 20.0. The third kappa shape index (κ3) is 2.81. The molecule has 0 aliphatic heterocycles. The molecule has 0 fully saturated rings. The first-order valence-corrected chi connectivity index (χ1v) is 6.96. The second-order valence-electron chi connectivity index (χ2n) is 3.58. The Bertz CT molecular complexity index is 735. The smallest absolute Gasteiger partial charge is 0.348 e. The lowest BCUT2D eigenvalue weighted by atomic mass is 10.3. The van der Waals surface area contributed by atoms with Crippen molar-refractivity contribution in [2.45, 2.75) is 5.16 Å². The van der Waals surface area contributed by atoms with Gasteiger partial charge in [0.2, 0.25) is 0 Å². The zero-order chi connectivity index (χ0) is 14.7. The van der Waals surface area contributed by atoms with Gasteiger partial charge < -0.3 is 4.74 Å². The van der Waals surface area contributed by atoms with Crippen LogP contribution in [0.5, 0.6) is 5.75 Å². The summed E-state index contributed by atoms with van der Waals surface area (Å²) in [4.78, 5) is 14.2. The molecule has 2 aromatic rings. The monoisotopic (exact) mass is 313 g/mol. The number of nitrogens with one attached hydrogen (secondary N) is 1. The number of rotatable bonds is 4. The molecule has 0 spiro atoms. The van der Waals surface area contributed by atoms with Gasteiger partial charge in [-0.15, -0.1) is 11.5 Å². The first-order valence-electron chi connectivity index (χ1n) is 5.36. The van der Waals surface area contributed by atoms with Crippen LogP contribution in [-0.2, 0) is 0 Å². The molecule has 0 saturated carbocycles. The molecular weight excluding hydrogens is 305 g/mol. The Balaban J connectivity index is 2.53. The van der Waals surface area contributed by atoms with Crippen molar-refractivity contribution in [1.82, 2.24) is 14.8 Å². The van der Waals surface area contributed by atoms with Crippen molar-refractivity contribution < 1.29 is 9.13 Å². The lowest BCUT2D eigenvalue weighted by molar-refractivity contribution is 0.369. The second-order valence-corrected chi connectivity index (χ2v) is 4.78. The summed E-state index contributed by atoms with van der Waals surface area (Å²) >= 11 is 7.08. The van der Waals surface area contributed by atoms with E-state index in [-0.39, 0.29) is 23.1 Å². The van der Waals surface area contributed by atoms with Crippen molar-refractivity contribution in [3.63, 3.8) is 0 Å². The molecule has 1 aromatic carbocycles. The van der Waals surface area contributed by atoms with Gasteiger partial charge >= 0.3 is 5.69 Å². The van der Waals surface area contributed by atoms with Crippen LogP contribution in [0.15, 0.2) is 22.1 Å². The average Bonchev–Trinajstić information content (AvgIpc) is 2.79. The molecule has 0 radical (unpaired) electrons. The van der Waals surface area contributed by atoms with Gasteiger partial charge in [-0.3, -0.25) is 4.98 Å². The Hall–Kier alpha value is -1.91. The van der Waals surface area contributed by atoms with Crippen molar-refractivity contribution in [3.05, 3.63) is 33.5 Å². The third-order valence-electron chi connectivity index (χ3n) is 2.33. The number of terminal acetylenes is 1. The Labute approximate surface area is 123 Å². The summed E-state index contributed by atoms with van der Waals surface area (Å²) in [5.41, 5.74) is -0.624. The van der Waals surface area contributed by atoms with Gasteiger partial charge in [-0.25, -0.2) is 9.18 Å². The van der Waals surface area contributed by atoms with Crippen LogP contribution in [0, 0.1) is 18.2 Å². The number of thioether (sulfide) groups is 1.